The van der Waals surface area contributed by atoms with Crippen LogP contribution in [0.4, 0.5) is 0 Å². The summed E-state index contributed by atoms with van der Waals surface area (Å²) in [6.45, 7) is 4.49. The Morgan fingerprint density at radius 2 is 2.00 bits per heavy atom. The zero-order chi connectivity index (χ0) is 13.0. The van der Waals surface area contributed by atoms with Crippen molar-refractivity contribution in [3.8, 4) is 0 Å². The molecule has 3 heteroatoms. The number of halogens is 1. The topological polar surface area (TPSA) is 15.3 Å². The summed E-state index contributed by atoms with van der Waals surface area (Å²) in [7, 11) is 2.21. The van der Waals surface area contributed by atoms with Gasteiger partial charge in [0, 0.05) is 23.1 Å². The average molecular weight is 311 g/mol. The minimum atomic E-state index is 0.625. The molecule has 0 saturated heterocycles. The first-order chi connectivity index (χ1) is 8.65. The minimum absolute atomic E-state index is 0.625. The van der Waals surface area contributed by atoms with Gasteiger partial charge in [-0.1, -0.05) is 28.1 Å². The van der Waals surface area contributed by atoms with E-state index in [1.54, 1.807) is 0 Å². The molecule has 1 N–H and O–H groups in total. The second-order valence-electron chi connectivity index (χ2n) is 5.41. The van der Waals surface area contributed by atoms with Crippen molar-refractivity contribution in [2.75, 3.05) is 13.6 Å². The molecular formula is C15H23BrN2. The zero-order valence-corrected chi connectivity index (χ0v) is 12.9. The van der Waals surface area contributed by atoms with Gasteiger partial charge in [-0.25, -0.2) is 0 Å². The lowest BCUT2D eigenvalue weighted by atomic mass is 10.1. The Labute approximate surface area is 119 Å². The van der Waals surface area contributed by atoms with E-state index in [1.165, 1.54) is 24.8 Å². The lowest BCUT2D eigenvalue weighted by Crippen LogP contribution is -2.32. The van der Waals surface area contributed by atoms with Gasteiger partial charge < -0.3 is 5.32 Å². The third-order valence-corrected chi connectivity index (χ3v) is 4.20. The first-order valence-corrected chi connectivity index (χ1v) is 7.62. The average Bonchev–Trinajstić information content (AvgIpc) is 3.16. The normalized spacial score (nSPS) is 17.1. The maximum absolute atomic E-state index is 3.58. The SMILES string of the molecule is CC(CCNC1CC1)N(C)Cc1ccc(Br)cc1. The van der Waals surface area contributed by atoms with E-state index in [2.05, 4.69) is 64.4 Å². The standard InChI is InChI=1S/C15H23BrN2/c1-12(9-10-17-15-7-8-15)18(2)11-13-3-5-14(16)6-4-13/h3-6,12,15,17H,7-11H2,1-2H3. The molecule has 1 aliphatic carbocycles. The van der Waals surface area contributed by atoms with E-state index in [4.69, 9.17) is 0 Å². The van der Waals surface area contributed by atoms with Gasteiger partial charge in [0.15, 0.2) is 0 Å². The van der Waals surface area contributed by atoms with Gasteiger partial charge in [-0.15, -0.1) is 0 Å². The van der Waals surface area contributed by atoms with Crippen LogP contribution in [-0.4, -0.2) is 30.6 Å². The summed E-state index contributed by atoms with van der Waals surface area (Å²) in [5.41, 5.74) is 1.38. The Kier molecular flexibility index (Phi) is 5.22. The summed E-state index contributed by atoms with van der Waals surface area (Å²) in [5, 5.41) is 3.58. The van der Waals surface area contributed by atoms with Gasteiger partial charge in [-0.3, -0.25) is 4.90 Å². The van der Waals surface area contributed by atoms with Crippen molar-refractivity contribution >= 4 is 15.9 Å². The lowest BCUT2D eigenvalue weighted by Gasteiger charge is -2.25. The van der Waals surface area contributed by atoms with Crippen molar-refractivity contribution in [2.45, 2.75) is 44.8 Å². The number of nitrogens with zero attached hydrogens (tertiary/aromatic N) is 1. The number of benzene rings is 1. The van der Waals surface area contributed by atoms with Gasteiger partial charge in [0.1, 0.15) is 0 Å². The molecule has 0 aromatic heterocycles. The smallest absolute Gasteiger partial charge is 0.0233 e. The third-order valence-electron chi connectivity index (χ3n) is 3.67. The molecule has 0 bridgehead atoms. The van der Waals surface area contributed by atoms with Crippen LogP contribution in [0.15, 0.2) is 28.7 Å². The van der Waals surface area contributed by atoms with Crippen LogP contribution in [0.25, 0.3) is 0 Å². The fraction of sp³-hybridized carbons (Fsp3) is 0.600. The third kappa shape index (κ3) is 4.71. The fourth-order valence-corrected chi connectivity index (χ4v) is 2.30. The first-order valence-electron chi connectivity index (χ1n) is 6.83. The van der Waals surface area contributed by atoms with Crippen LogP contribution >= 0.6 is 15.9 Å². The highest BCUT2D eigenvalue weighted by Crippen LogP contribution is 2.18. The quantitative estimate of drug-likeness (QED) is 0.830. The highest BCUT2D eigenvalue weighted by molar-refractivity contribution is 9.10. The van der Waals surface area contributed by atoms with Crippen molar-refractivity contribution in [1.82, 2.24) is 10.2 Å². The number of hydrogen-bond donors (Lipinski definition) is 1. The van der Waals surface area contributed by atoms with Crippen LogP contribution in [0.5, 0.6) is 0 Å². The molecule has 100 valence electrons. The van der Waals surface area contributed by atoms with Gasteiger partial charge >= 0.3 is 0 Å². The van der Waals surface area contributed by atoms with E-state index in [9.17, 15) is 0 Å². The van der Waals surface area contributed by atoms with E-state index in [-0.39, 0.29) is 0 Å². The Hall–Kier alpha value is -0.380. The molecule has 1 saturated carbocycles. The molecule has 18 heavy (non-hydrogen) atoms. The minimum Gasteiger partial charge on any atom is -0.314 e. The predicted molar refractivity (Wildman–Crippen MR) is 80.7 cm³/mol. The summed E-state index contributed by atoms with van der Waals surface area (Å²) < 4.78 is 1.15. The molecular weight excluding hydrogens is 288 g/mol. The van der Waals surface area contributed by atoms with Crippen LogP contribution in [0.3, 0.4) is 0 Å². The molecule has 1 unspecified atom stereocenters. The Balaban J connectivity index is 1.71. The van der Waals surface area contributed by atoms with Gasteiger partial charge in [0.2, 0.25) is 0 Å². The molecule has 1 aromatic rings. The summed E-state index contributed by atoms with van der Waals surface area (Å²) in [5.74, 6) is 0. The molecule has 1 atom stereocenters. The van der Waals surface area contributed by atoms with Gasteiger partial charge in [-0.05, 0) is 57.5 Å². The maximum Gasteiger partial charge on any atom is 0.0233 e. The number of nitrogens with one attached hydrogen (secondary N) is 1. The second-order valence-corrected chi connectivity index (χ2v) is 6.32. The van der Waals surface area contributed by atoms with Crippen molar-refractivity contribution in [3.05, 3.63) is 34.3 Å². The second kappa shape index (κ2) is 6.69. The molecule has 0 radical (unpaired) electrons. The van der Waals surface area contributed by atoms with E-state index in [0.717, 1.165) is 23.6 Å². The summed E-state index contributed by atoms with van der Waals surface area (Å²) in [6, 6.07) is 10.1. The maximum atomic E-state index is 3.58. The number of rotatable bonds is 7. The van der Waals surface area contributed by atoms with Gasteiger partial charge in [-0.2, -0.15) is 0 Å². The van der Waals surface area contributed by atoms with Crippen LogP contribution in [0.2, 0.25) is 0 Å². The molecule has 1 aliphatic rings. The fourth-order valence-electron chi connectivity index (χ4n) is 2.04. The van der Waals surface area contributed by atoms with Gasteiger partial charge in [0.05, 0.1) is 0 Å². The van der Waals surface area contributed by atoms with Gasteiger partial charge in [0.25, 0.3) is 0 Å². The summed E-state index contributed by atoms with van der Waals surface area (Å²) >= 11 is 3.47. The van der Waals surface area contributed by atoms with Crippen LogP contribution in [0.1, 0.15) is 31.7 Å². The molecule has 1 aromatic carbocycles. The van der Waals surface area contributed by atoms with Crippen molar-refractivity contribution in [3.63, 3.8) is 0 Å². The monoisotopic (exact) mass is 310 g/mol. The highest BCUT2D eigenvalue weighted by Gasteiger charge is 2.20. The molecule has 0 aliphatic heterocycles. The Morgan fingerprint density at radius 3 is 2.61 bits per heavy atom. The van der Waals surface area contributed by atoms with E-state index >= 15 is 0 Å². The van der Waals surface area contributed by atoms with Crippen molar-refractivity contribution in [1.29, 1.82) is 0 Å². The van der Waals surface area contributed by atoms with Crippen LogP contribution in [-0.2, 0) is 6.54 Å². The highest BCUT2D eigenvalue weighted by atomic mass is 79.9. The largest absolute Gasteiger partial charge is 0.314 e. The summed E-state index contributed by atoms with van der Waals surface area (Å²) in [6.07, 6.45) is 3.98. The molecule has 2 nitrogen and oxygen atoms in total. The van der Waals surface area contributed by atoms with E-state index < -0.39 is 0 Å². The Bertz CT molecular complexity index is 359. The van der Waals surface area contributed by atoms with Crippen molar-refractivity contribution < 1.29 is 0 Å². The lowest BCUT2D eigenvalue weighted by molar-refractivity contribution is 0.236. The van der Waals surface area contributed by atoms with E-state index in [1.807, 2.05) is 0 Å². The molecule has 0 heterocycles. The molecule has 1 fully saturated rings. The summed E-state index contributed by atoms with van der Waals surface area (Å²) in [4.78, 5) is 2.43. The van der Waals surface area contributed by atoms with E-state index in [0.29, 0.717) is 6.04 Å². The Morgan fingerprint density at radius 1 is 1.33 bits per heavy atom. The molecule has 2 rings (SSSR count). The predicted octanol–water partition coefficient (Wildman–Crippen LogP) is 3.41. The number of hydrogen-bond acceptors (Lipinski definition) is 2. The van der Waals surface area contributed by atoms with Crippen LogP contribution < -0.4 is 5.32 Å². The first kappa shape index (κ1) is 14.0. The molecule has 0 spiro atoms. The van der Waals surface area contributed by atoms with Crippen molar-refractivity contribution in [2.24, 2.45) is 0 Å². The molecule has 0 amide bonds. The zero-order valence-electron chi connectivity index (χ0n) is 11.3. The van der Waals surface area contributed by atoms with Crippen LogP contribution in [0, 0.1) is 0 Å².